The predicted octanol–water partition coefficient (Wildman–Crippen LogP) is 5.53. The minimum absolute atomic E-state index is 0.0938. The van der Waals surface area contributed by atoms with Crippen LogP contribution in [0.1, 0.15) is 15.4 Å². The first-order chi connectivity index (χ1) is 15.0. The summed E-state index contributed by atoms with van der Waals surface area (Å²) in [5.41, 5.74) is 2.16. The van der Waals surface area contributed by atoms with E-state index in [1.807, 2.05) is 24.3 Å². The zero-order chi connectivity index (χ0) is 21.5. The molecule has 4 heterocycles. The molecule has 0 bridgehead atoms. The first-order valence-corrected chi connectivity index (χ1v) is 11.4. The maximum Gasteiger partial charge on any atom is 0.289 e. The largest absolute Gasteiger partial charge is 0.459 e. The third-order valence-corrected chi connectivity index (χ3v) is 6.83. The summed E-state index contributed by atoms with van der Waals surface area (Å²) in [7, 11) is 0. The number of benzene rings is 1. The molecule has 4 aromatic rings. The van der Waals surface area contributed by atoms with Gasteiger partial charge in [0.05, 0.1) is 11.6 Å². The van der Waals surface area contributed by atoms with Crippen molar-refractivity contribution in [1.82, 2.24) is 14.9 Å². The lowest BCUT2D eigenvalue weighted by molar-refractivity contribution is 0.0714. The Balaban J connectivity index is 1.50. The van der Waals surface area contributed by atoms with Crippen LogP contribution in [0.3, 0.4) is 0 Å². The van der Waals surface area contributed by atoms with Crippen LogP contribution in [-0.2, 0) is 0 Å². The number of hydrogen-bond acceptors (Lipinski definition) is 6. The van der Waals surface area contributed by atoms with Gasteiger partial charge in [-0.3, -0.25) is 4.79 Å². The number of aryl methyl sites for hydroxylation is 1. The second-order valence-electron chi connectivity index (χ2n) is 7.29. The van der Waals surface area contributed by atoms with Crippen LogP contribution < -0.4 is 4.90 Å². The molecule has 0 unspecified atom stereocenters. The van der Waals surface area contributed by atoms with Crippen molar-refractivity contribution in [2.24, 2.45) is 0 Å². The highest BCUT2D eigenvalue weighted by atomic mass is 35.5. The van der Waals surface area contributed by atoms with E-state index in [9.17, 15) is 4.79 Å². The summed E-state index contributed by atoms with van der Waals surface area (Å²) in [6, 6.07) is 11.2. The quantitative estimate of drug-likeness (QED) is 0.366. The number of aromatic nitrogens is 2. The van der Waals surface area contributed by atoms with Gasteiger partial charge in [0, 0.05) is 41.6 Å². The van der Waals surface area contributed by atoms with E-state index in [1.165, 1.54) is 6.26 Å². The molecule has 0 saturated carbocycles. The minimum Gasteiger partial charge on any atom is -0.459 e. The Hall–Kier alpha value is -2.61. The summed E-state index contributed by atoms with van der Waals surface area (Å²) in [5, 5.41) is 1.90. The van der Waals surface area contributed by atoms with Gasteiger partial charge in [0.15, 0.2) is 5.76 Å². The molecular formula is C22H18Cl2N4O2S. The summed E-state index contributed by atoms with van der Waals surface area (Å²) in [5.74, 6) is 1.07. The third kappa shape index (κ3) is 3.78. The molecule has 6 nitrogen and oxygen atoms in total. The minimum atomic E-state index is -0.0938. The molecule has 1 saturated heterocycles. The van der Waals surface area contributed by atoms with Crippen molar-refractivity contribution in [1.29, 1.82) is 0 Å². The van der Waals surface area contributed by atoms with Crippen LogP contribution >= 0.6 is 34.5 Å². The van der Waals surface area contributed by atoms with E-state index in [0.717, 1.165) is 32.0 Å². The fourth-order valence-corrected chi connectivity index (χ4v) is 5.32. The molecule has 1 fully saturated rings. The monoisotopic (exact) mass is 472 g/mol. The van der Waals surface area contributed by atoms with E-state index in [2.05, 4.69) is 21.8 Å². The number of halogens is 2. The molecule has 1 aliphatic heterocycles. The maximum atomic E-state index is 12.6. The van der Waals surface area contributed by atoms with Gasteiger partial charge in [0.25, 0.3) is 5.91 Å². The molecule has 9 heteroatoms. The highest BCUT2D eigenvalue weighted by Crippen LogP contribution is 2.42. The first kappa shape index (κ1) is 20.3. The van der Waals surface area contributed by atoms with Gasteiger partial charge in [0.2, 0.25) is 5.28 Å². The van der Waals surface area contributed by atoms with Crippen molar-refractivity contribution >= 4 is 56.5 Å². The lowest BCUT2D eigenvalue weighted by atomic mass is 10.0. The van der Waals surface area contributed by atoms with Gasteiger partial charge in [-0.2, -0.15) is 4.98 Å². The molecule has 0 radical (unpaired) electrons. The Morgan fingerprint density at radius 2 is 1.81 bits per heavy atom. The van der Waals surface area contributed by atoms with E-state index >= 15 is 0 Å². The van der Waals surface area contributed by atoms with Crippen LogP contribution in [0.4, 0.5) is 5.82 Å². The number of anilines is 1. The van der Waals surface area contributed by atoms with Gasteiger partial charge in [0.1, 0.15) is 10.6 Å². The smallest absolute Gasteiger partial charge is 0.289 e. The highest BCUT2D eigenvalue weighted by molar-refractivity contribution is 7.19. The summed E-state index contributed by atoms with van der Waals surface area (Å²) in [4.78, 5) is 27.6. The van der Waals surface area contributed by atoms with Gasteiger partial charge in [-0.15, -0.1) is 11.3 Å². The molecule has 31 heavy (non-hydrogen) atoms. The van der Waals surface area contributed by atoms with E-state index in [4.69, 9.17) is 27.6 Å². The summed E-state index contributed by atoms with van der Waals surface area (Å²) >= 11 is 14.0. The molecular weight excluding hydrogens is 455 g/mol. The zero-order valence-corrected chi connectivity index (χ0v) is 19.0. The fourth-order valence-electron chi connectivity index (χ4n) is 3.94. The molecule has 0 N–H and O–H groups in total. The van der Waals surface area contributed by atoms with Crippen LogP contribution in [0.5, 0.6) is 0 Å². The molecule has 0 atom stereocenters. The summed E-state index contributed by atoms with van der Waals surface area (Å²) in [6.07, 6.45) is 1.51. The Morgan fingerprint density at radius 3 is 2.48 bits per heavy atom. The van der Waals surface area contributed by atoms with Crippen LogP contribution in [0.25, 0.3) is 21.3 Å². The number of carbonyl (C=O) groups excluding carboxylic acids is 1. The number of carbonyl (C=O) groups is 1. The number of thiophene rings is 1. The zero-order valence-electron chi connectivity index (χ0n) is 16.6. The standard InChI is InChI=1S/C22H18Cl2N4O2S/c1-13-17(14-4-6-15(23)7-5-14)18-19(25-22(24)26-20(18)31-13)27-8-10-28(11-9-27)21(29)16-3-2-12-30-16/h2-7,12H,8-11H2,1H3. The summed E-state index contributed by atoms with van der Waals surface area (Å²) < 4.78 is 5.26. The van der Waals surface area contributed by atoms with Gasteiger partial charge >= 0.3 is 0 Å². The van der Waals surface area contributed by atoms with E-state index in [1.54, 1.807) is 28.4 Å². The fraction of sp³-hybridized carbons (Fsp3) is 0.227. The first-order valence-electron chi connectivity index (χ1n) is 9.81. The number of rotatable bonds is 3. The number of fused-ring (bicyclic) bond motifs is 1. The second kappa shape index (κ2) is 8.15. The van der Waals surface area contributed by atoms with Gasteiger partial charge in [-0.05, 0) is 48.4 Å². The van der Waals surface area contributed by atoms with Gasteiger partial charge in [-0.25, -0.2) is 4.98 Å². The molecule has 3 aromatic heterocycles. The van der Waals surface area contributed by atoms with E-state index in [-0.39, 0.29) is 11.2 Å². The number of hydrogen-bond donors (Lipinski definition) is 0. The van der Waals surface area contributed by atoms with Crippen molar-refractivity contribution in [3.8, 4) is 11.1 Å². The molecule has 0 aliphatic carbocycles. The van der Waals surface area contributed by atoms with Crippen LogP contribution in [-0.4, -0.2) is 47.0 Å². The molecule has 1 amide bonds. The van der Waals surface area contributed by atoms with E-state index in [0.29, 0.717) is 37.0 Å². The normalized spacial score (nSPS) is 14.4. The lowest BCUT2D eigenvalue weighted by Crippen LogP contribution is -2.49. The Morgan fingerprint density at radius 1 is 1.06 bits per heavy atom. The van der Waals surface area contributed by atoms with Crippen molar-refractivity contribution in [3.63, 3.8) is 0 Å². The molecule has 158 valence electrons. The number of furan rings is 1. The lowest BCUT2D eigenvalue weighted by Gasteiger charge is -2.35. The van der Waals surface area contributed by atoms with Crippen molar-refractivity contribution < 1.29 is 9.21 Å². The van der Waals surface area contributed by atoms with Gasteiger partial charge in [-0.1, -0.05) is 23.7 Å². The second-order valence-corrected chi connectivity index (χ2v) is 9.27. The Labute approximate surface area is 193 Å². The van der Waals surface area contributed by atoms with Crippen molar-refractivity contribution in [2.75, 3.05) is 31.1 Å². The molecule has 1 aliphatic rings. The predicted molar refractivity (Wildman–Crippen MR) is 124 cm³/mol. The van der Waals surface area contributed by atoms with E-state index < -0.39 is 0 Å². The molecule has 1 aromatic carbocycles. The number of nitrogens with zero attached hydrogens (tertiary/aromatic N) is 4. The Kier molecular flexibility index (Phi) is 5.33. The number of piperazine rings is 1. The highest BCUT2D eigenvalue weighted by Gasteiger charge is 2.27. The van der Waals surface area contributed by atoms with Gasteiger partial charge < -0.3 is 14.2 Å². The van der Waals surface area contributed by atoms with Crippen LogP contribution in [0.15, 0.2) is 47.1 Å². The van der Waals surface area contributed by atoms with Crippen LogP contribution in [0.2, 0.25) is 10.3 Å². The SMILES string of the molecule is Cc1sc2nc(Cl)nc(N3CCN(C(=O)c4ccco4)CC3)c2c1-c1ccc(Cl)cc1. The van der Waals surface area contributed by atoms with Crippen LogP contribution in [0, 0.1) is 6.92 Å². The molecule has 0 spiro atoms. The molecule has 5 rings (SSSR count). The van der Waals surface area contributed by atoms with Crippen molar-refractivity contribution in [3.05, 3.63) is 63.6 Å². The maximum absolute atomic E-state index is 12.6. The number of amides is 1. The topological polar surface area (TPSA) is 62.5 Å². The Bertz CT molecular complexity index is 1250. The van der Waals surface area contributed by atoms with Crippen molar-refractivity contribution in [2.45, 2.75) is 6.92 Å². The third-order valence-electron chi connectivity index (χ3n) is 5.41. The summed E-state index contributed by atoms with van der Waals surface area (Å²) in [6.45, 7) is 4.51. The average Bonchev–Trinajstić information content (AvgIpc) is 3.41. The average molecular weight is 473 g/mol.